The van der Waals surface area contributed by atoms with Crippen LogP contribution in [-0.4, -0.2) is 37.2 Å². The smallest absolute Gasteiger partial charge is 0.0710 e. The van der Waals surface area contributed by atoms with Gasteiger partial charge in [-0.05, 0) is 31.0 Å². The molecule has 4 heteroatoms. The van der Waals surface area contributed by atoms with Crippen LogP contribution in [0.5, 0.6) is 0 Å². The number of nitrogens with two attached hydrogens (primary N) is 1. The van der Waals surface area contributed by atoms with Crippen LogP contribution in [0.1, 0.15) is 24.9 Å². The zero-order valence-corrected chi connectivity index (χ0v) is 12.6. The Hall–Kier alpha value is -0.420. The molecule has 0 saturated carbocycles. The van der Waals surface area contributed by atoms with E-state index in [0.717, 1.165) is 24.0 Å². The average molecular weight is 313 g/mol. The summed E-state index contributed by atoms with van der Waals surface area (Å²) in [5, 5.41) is 0. The number of rotatable bonds is 4. The van der Waals surface area contributed by atoms with Gasteiger partial charge in [-0.1, -0.05) is 28.1 Å². The maximum atomic E-state index is 6.19. The number of nitrogens with zero attached hydrogens (tertiary/aromatic N) is 1. The Morgan fingerprint density at radius 1 is 1.50 bits per heavy atom. The maximum Gasteiger partial charge on any atom is 0.0710 e. The van der Waals surface area contributed by atoms with E-state index >= 15 is 0 Å². The van der Waals surface area contributed by atoms with Crippen LogP contribution in [0.2, 0.25) is 0 Å². The lowest BCUT2D eigenvalue weighted by molar-refractivity contribution is 0.0982. The van der Waals surface area contributed by atoms with Crippen LogP contribution in [0.4, 0.5) is 0 Å². The van der Waals surface area contributed by atoms with Gasteiger partial charge in [0.05, 0.1) is 6.10 Å². The molecule has 100 valence electrons. The number of hydrogen-bond acceptors (Lipinski definition) is 3. The highest BCUT2D eigenvalue weighted by Gasteiger charge is 2.31. The predicted octanol–water partition coefficient (Wildman–Crippen LogP) is 2.56. The van der Waals surface area contributed by atoms with Gasteiger partial charge in [-0.15, -0.1) is 0 Å². The van der Waals surface area contributed by atoms with E-state index in [9.17, 15) is 0 Å². The van der Waals surface area contributed by atoms with Crippen molar-refractivity contribution in [2.24, 2.45) is 5.73 Å². The van der Waals surface area contributed by atoms with Gasteiger partial charge >= 0.3 is 0 Å². The fraction of sp³-hybridized carbons (Fsp3) is 0.571. The molecule has 0 bridgehead atoms. The Morgan fingerprint density at radius 3 is 2.83 bits per heavy atom. The lowest BCUT2D eigenvalue weighted by atomic mass is 10.00. The summed E-state index contributed by atoms with van der Waals surface area (Å²) in [5.74, 6) is 0. The monoisotopic (exact) mass is 312 g/mol. The maximum absolute atomic E-state index is 6.19. The molecule has 1 aliphatic heterocycles. The van der Waals surface area contributed by atoms with E-state index in [1.165, 1.54) is 5.56 Å². The zero-order chi connectivity index (χ0) is 13.1. The van der Waals surface area contributed by atoms with E-state index in [1.54, 1.807) is 7.11 Å². The first-order chi connectivity index (χ1) is 8.61. The SMILES string of the molecule is COC1CCN(C(c2cccc(Br)c2)C(C)N)C1. The Kier molecular flexibility index (Phi) is 4.78. The summed E-state index contributed by atoms with van der Waals surface area (Å²) in [6.07, 6.45) is 1.44. The van der Waals surface area contributed by atoms with Crippen molar-refractivity contribution < 1.29 is 4.74 Å². The number of likely N-dealkylation sites (tertiary alicyclic amines) is 1. The predicted molar refractivity (Wildman–Crippen MR) is 77.5 cm³/mol. The Bertz CT molecular complexity index is 397. The van der Waals surface area contributed by atoms with Crippen molar-refractivity contribution in [1.29, 1.82) is 0 Å². The molecule has 1 saturated heterocycles. The second-order valence-corrected chi connectivity index (χ2v) is 5.92. The number of ether oxygens (including phenoxy) is 1. The third-order valence-corrected chi connectivity index (χ3v) is 4.08. The van der Waals surface area contributed by atoms with Crippen molar-refractivity contribution in [2.75, 3.05) is 20.2 Å². The van der Waals surface area contributed by atoms with Crippen LogP contribution >= 0.6 is 15.9 Å². The van der Waals surface area contributed by atoms with E-state index in [-0.39, 0.29) is 12.1 Å². The molecule has 2 rings (SSSR count). The second-order valence-electron chi connectivity index (χ2n) is 5.00. The molecule has 3 atom stereocenters. The highest BCUT2D eigenvalue weighted by Crippen LogP contribution is 2.29. The van der Waals surface area contributed by atoms with E-state index in [1.807, 2.05) is 6.07 Å². The van der Waals surface area contributed by atoms with Crippen LogP contribution < -0.4 is 5.73 Å². The molecule has 3 nitrogen and oxygen atoms in total. The highest BCUT2D eigenvalue weighted by atomic mass is 79.9. The van der Waals surface area contributed by atoms with Gasteiger partial charge in [-0.25, -0.2) is 0 Å². The minimum Gasteiger partial charge on any atom is -0.380 e. The average Bonchev–Trinajstić information content (AvgIpc) is 2.77. The zero-order valence-electron chi connectivity index (χ0n) is 11.0. The van der Waals surface area contributed by atoms with Gasteiger partial charge in [-0.2, -0.15) is 0 Å². The third-order valence-electron chi connectivity index (χ3n) is 3.59. The Morgan fingerprint density at radius 2 is 2.28 bits per heavy atom. The largest absolute Gasteiger partial charge is 0.380 e. The standard InChI is InChI=1S/C14H21BrN2O/c1-10(16)14(11-4-3-5-12(15)8-11)17-7-6-13(9-17)18-2/h3-5,8,10,13-14H,6-7,9,16H2,1-2H3. The summed E-state index contributed by atoms with van der Waals surface area (Å²) in [6, 6.07) is 8.80. The molecule has 3 unspecified atom stereocenters. The topological polar surface area (TPSA) is 38.5 Å². The minimum atomic E-state index is 0.106. The number of methoxy groups -OCH3 is 1. The molecule has 18 heavy (non-hydrogen) atoms. The van der Waals surface area contributed by atoms with Gasteiger partial charge in [0.2, 0.25) is 0 Å². The van der Waals surface area contributed by atoms with Crippen molar-refractivity contribution in [3.8, 4) is 0 Å². The lowest BCUT2D eigenvalue weighted by Crippen LogP contribution is -2.38. The Balaban J connectivity index is 2.19. The van der Waals surface area contributed by atoms with Gasteiger partial charge < -0.3 is 10.5 Å². The first kappa shape index (κ1) is 14.0. The summed E-state index contributed by atoms with van der Waals surface area (Å²) in [7, 11) is 1.79. The molecular formula is C14H21BrN2O. The van der Waals surface area contributed by atoms with Crippen molar-refractivity contribution in [1.82, 2.24) is 4.90 Å². The second kappa shape index (κ2) is 6.15. The quantitative estimate of drug-likeness (QED) is 0.928. The highest BCUT2D eigenvalue weighted by molar-refractivity contribution is 9.10. The van der Waals surface area contributed by atoms with Gasteiger partial charge in [0.1, 0.15) is 0 Å². The molecule has 1 aromatic rings. The van der Waals surface area contributed by atoms with E-state index < -0.39 is 0 Å². The first-order valence-electron chi connectivity index (χ1n) is 6.39. The van der Waals surface area contributed by atoms with Crippen LogP contribution in [-0.2, 0) is 4.74 Å². The minimum absolute atomic E-state index is 0.106. The normalized spacial score (nSPS) is 24.1. The number of halogens is 1. The summed E-state index contributed by atoms with van der Waals surface area (Å²) < 4.78 is 6.54. The summed E-state index contributed by atoms with van der Waals surface area (Å²) in [5.41, 5.74) is 7.46. The molecule has 1 aromatic carbocycles. The van der Waals surface area contributed by atoms with Crippen molar-refractivity contribution in [3.63, 3.8) is 0 Å². The molecule has 0 aromatic heterocycles. The van der Waals surface area contributed by atoms with Crippen LogP contribution in [0, 0.1) is 0 Å². The van der Waals surface area contributed by atoms with Crippen LogP contribution in [0.25, 0.3) is 0 Å². The van der Waals surface area contributed by atoms with E-state index in [2.05, 4.69) is 46.0 Å². The number of hydrogen-bond donors (Lipinski definition) is 1. The molecule has 2 N–H and O–H groups in total. The fourth-order valence-electron chi connectivity index (χ4n) is 2.74. The van der Waals surface area contributed by atoms with Crippen LogP contribution in [0.3, 0.4) is 0 Å². The fourth-order valence-corrected chi connectivity index (χ4v) is 3.15. The molecule has 1 aliphatic rings. The molecule has 1 heterocycles. The summed E-state index contributed by atoms with van der Waals surface area (Å²) >= 11 is 3.53. The summed E-state index contributed by atoms with van der Waals surface area (Å²) in [4.78, 5) is 2.43. The molecule has 0 amide bonds. The van der Waals surface area contributed by atoms with Gasteiger partial charge in [0, 0.05) is 36.8 Å². The number of benzene rings is 1. The van der Waals surface area contributed by atoms with Gasteiger partial charge in [-0.3, -0.25) is 4.90 Å². The first-order valence-corrected chi connectivity index (χ1v) is 7.19. The Labute approximate surface area is 117 Å². The van der Waals surface area contributed by atoms with Gasteiger partial charge in [0.25, 0.3) is 0 Å². The summed E-state index contributed by atoms with van der Waals surface area (Å²) in [6.45, 7) is 4.10. The van der Waals surface area contributed by atoms with Crippen molar-refractivity contribution in [2.45, 2.75) is 31.5 Å². The van der Waals surface area contributed by atoms with Crippen molar-refractivity contribution >= 4 is 15.9 Å². The van der Waals surface area contributed by atoms with Gasteiger partial charge in [0.15, 0.2) is 0 Å². The van der Waals surface area contributed by atoms with Crippen molar-refractivity contribution in [3.05, 3.63) is 34.3 Å². The molecular weight excluding hydrogens is 292 g/mol. The molecule has 0 spiro atoms. The molecule has 1 fully saturated rings. The molecule has 0 radical (unpaired) electrons. The lowest BCUT2D eigenvalue weighted by Gasteiger charge is -2.31. The van der Waals surface area contributed by atoms with E-state index in [4.69, 9.17) is 10.5 Å². The third kappa shape index (κ3) is 3.12. The van der Waals surface area contributed by atoms with E-state index in [0.29, 0.717) is 6.10 Å². The molecule has 0 aliphatic carbocycles. The van der Waals surface area contributed by atoms with Crippen LogP contribution in [0.15, 0.2) is 28.7 Å².